The normalized spacial score (nSPS) is 10.1. The number of hydrogen-bond donors (Lipinski definition) is 3. The Balaban J connectivity index is 2.07. The van der Waals surface area contributed by atoms with Crippen molar-refractivity contribution < 1.29 is 18.7 Å². The van der Waals surface area contributed by atoms with Gasteiger partial charge >= 0.3 is 0 Å². The number of nitrogens with one attached hydrogen (secondary N) is 3. The summed E-state index contributed by atoms with van der Waals surface area (Å²) in [7, 11) is 3.32. The third kappa shape index (κ3) is 4.48. The zero-order chi connectivity index (χ0) is 17.5. The van der Waals surface area contributed by atoms with Crippen molar-refractivity contribution in [3.8, 4) is 5.75 Å². The number of oxazole rings is 1. The van der Waals surface area contributed by atoms with Crippen LogP contribution in [0.1, 0.15) is 21.9 Å². The van der Waals surface area contributed by atoms with E-state index < -0.39 is 0 Å². The summed E-state index contributed by atoms with van der Waals surface area (Å²) in [5, 5.41) is 8.23. The molecule has 128 valence electrons. The number of anilines is 1. The number of rotatable bonds is 7. The molecular weight excluding hydrogens is 312 g/mol. The fourth-order valence-electron chi connectivity index (χ4n) is 1.94. The number of hydrogen-bond acceptors (Lipinski definition) is 6. The zero-order valence-electron chi connectivity index (χ0n) is 13.8. The molecule has 1 heterocycles. The molecule has 0 aliphatic heterocycles. The van der Waals surface area contributed by atoms with E-state index in [9.17, 15) is 9.59 Å². The number of carbonyl (C=O) groups excluding carboxylic acids is 2. The van der Waals surface area contributed by atoms with Gasteiger partial charge in [-0.3, -0.25) is 9.59 Å². The second-order valence-electron chi connectivity index (χ2n) is 4.97. The van der Waals surface area contributed by atoms with Crippen LogP contribution in [0.2, 0.25) is 0 Å². The second kappa shape index (κ2) is 8.00. The molecule has 0 saturated heterocycles. The molecule has 8 nitrogen and oxygen atoms in total. The van der Waals surface area contributed by atoms with Crippen LogP contribution in [-0.2, 0) is 11.3 Å². The molecule has 0 radical (unpaired) electrons. The van der Waals surface area contributed by atoms with E-state index in [0.29, 0.717) is 11.6 Å². The minimum absolute atomic E-state index is 0.104. The lowest BCUT2D eigenvalue weighted by Crippen LogP contribution is -2.26. The minimum atomic E-state index is -0.346. The van der Waals surface area contributed by atoms with Crippen LogP contribution < -0.4 is 20.7 Å². The highest BCUT2D eigenvalue weighted by Crippen LogP contribution is 2.23. The highest BCUT2D eigenvalue weighted by molar-refractivity contribution is 5.91. The average molecular weight is 332 g/mol. The molecule has 2 rings (SSSR count). The molecule has 24 heavy (non-hydrogen) atoms. The van der Waals surface area contributed by atoms with Gasteiger partial charge in [0.15, 0.2) is 18.2 Å². The fraction of sp³-hybridized carbons (Fsp3) is 0.312. The second-order valence-corrected chi connectivity index (χ2v) is 4.97. The maximum Gasteiger partial charge on any atom is 0.273 e. The Morgan fingerprint density at radius 2 is 2.08 bits per heavy atom. The number of carbonyl (C=O) groups is 2. The van der Waals surface area contributed by atoms with Crippen LogP contribution in [-0.4, -0.2) is 37.5 Å². The van der Waals surface area contributed by atoms with Gasteiger partial charge in [0.25, 0.3) is 11.8 Å². The summed E-state index contributed by atoms with van der Waals surface area (Å²) >= 11 is 0. The van der Waals surface area contributed by atoms with E-state index >= 15 is 0 Å². The first-order valence-electron chi connectivity index (χ1n) is 7.38. The first kappa shape index (κ1) is 17.3. The Hall–Kier alpha value is -3.03. The van der Waals surface area contributed by atoms with Gasteiger partial charge in [0.05, 0.1) is 0 Å². The molecular formula is C16H20N4O4. The van der Waals surface area contributed by atoms with Gasteiger partial charge in [-0.2, -0.15) is 0 Å². The smallest absolute Gasteiger partial charge is 0.273 e. The van der Waals surface area contributed by atoms with E-state index in [0.717, 1.165) is 11.3 Å². The largest absolute Gasteiger partial charge is 0.483 e. The van der Waals surface area contributed by atoms with Crippen LogP contribution in [0, 0.1) is 6.92 Å². The van der Waals surface area contributed by atoms with Gasteiger partial charge in [-0.15, -0.1) is 0 Å². The third-order valence-electron chi connectivity index (χ3n) is 3.28. The van der Waals surface area contributed by atoms with Crippen LogP contribution in [0.15, 0.2) is 28.9 Å². The average Bonchev–Trinajstić information content (AvgIpc) is 3.04. The molecule has 0 fully saturated rings. The monoisotopic (exact) mass is 332 g/mol. The quantitative estimate of drug-likeness (QED) is 0.701. The lowest BCUT2D eigenvalue weighted by atomic mass is 10.1. The number of benzene rings is 1. The molecule has 0 bridgehead atoms. The maximum absolute atomic E-state index is 12.0. The summed E-state index contributed by atoms with van der Waals surface area (Å²) in [6, 6.07) is 5.44. The van der Waals surface area contributed by atoms with Crippen molar-refractivity contribution in [2.24, 2.45) is 0 Å². The van der Waals surface area contributed by atoms with E-state index in [2.05, 4.69) is 20.9 Å². The van der Waals surface area contributed by atoms with E-state index in [1.54, 1.807) is 20.0 Å². The van der Waals surface area contributed by atoms with Crippen LogP contribution in [0.4, 0.5) is 5.69 Å². The van der Waals surface area contributed by atoms with E-state index in [-0.39, 0.29) is 30.7 Å². The van der Waals surface area contributed by atoms with Crippen LogP contribution >= 0.6 is 0 Å². The molecule has 0 aliphatic rings. The maximum atomic E-state index is 12.0. The number of ether oxygens (including phenoxy) is 1. The SMILES string of the molecule is CNC(=O)COc1cc(NC)ccc1CNC(=O)c1coc(C)n1. The lowest BCUT2D eigenvalue weighted by molar-refractivity contribution is -0.122. The van der Waals surface area contributed by atoms with E-state index in [1.807, 2.05) is 12.1 Å². The van der Waals surface area contributed by atoms with Crippen molar-refractivity contribution in [2.45, 2.75) is 13.5 Å². The summed E-state index contributed by atoms with van der Waals surface area (Å²) in [6.45, 7) is 1.79. The van der Waals surface area contributed by atoms with E-state index in [4.69, 9.17) is 9.15 Å². The summed E-state index contributed by atoms with van der Waals surface area (Å²) < 4.78 is 10.6. The fourth-order valence-corrected chi connectivity index (χ4v) is 1.94. The van der Waals surface area contributed by atoms with Gasteiger partial charge in [-0.25, -0.2) is 4.98 Å². The molecule has 2 aromatic rings. The molecule has 1 aromatic carbocycles. The van der Waals surface area contributed by atoms with Gasteiger partial charge in [-0.1, -0.05) is 6.07 Å². The molecule has 0 spiro atoms. The minimum Gasteiger partial charge on any atom is -0.483 e. The molecule has 0 aliphatic carbocycles. The zero-order valence-corrected chi connectivity index (χ0v) is 13.8. The Morgan fingerprint density at radius 3 is 2.71 bits per heavy atom. The number of nitrogens with zero attached hydrogens (tertiary/aromatic N) is 1. The highest BCUT2D eigenvalue weighted by Gasteiger charge is 2.12. The molecule has 8 heteroatoms. The van der Waals surface area contributed by atoms with Crippen molar-refractivity contribution in [1.82, 2.24) is 15.6 Å². The third-order valence-corrected chi connectivity index (χ3v) is 3.28. The standard InChI is InChI=1S/C16H20N4O4/c1-10-20-13(8-23-10)16(22)19-7-11-4-5-12(17-2)6-14(11)24-9-15(21)18-3/h4-6,8,17H,7,9H2,1-3H3,(H,18,21)(H,19,22). The van der Waals surface area contributed by atoms with Crippen molar-refractivity contribution in [1.29, 1.82) is 0 Å². The Labute approximate surface area is 139 Å². The van der Waals surface area contributed by atoms with Crippen molar-refractivity contribution >= 4 is 17.5 Å². The van der Waals surface area contributed by atoms with Gasteiger partial charge < -0.3 is 25.1 Å². The van der Waals surface area contributed by atoms with Gasteiger partial charge in [0, 0.05) is 44.9 Å². The Bertz CT molecular complexity index is 727. The van der Waals surface area contributed by atoms with Crippen molar-refractivity contribution in [2.75, 3.05) is 26.0 Å². The van der Waals surface area contributed by atoms with Gasteiger partial charge in [0.1, 0.15) is 12.0 Å². The molecule has 0 saturated carbocycles. The molecule has 2 amide bonds. The summed E-state index contributed by atoms with van der Waals surface area (Å²) in [4.78, 5) is 27.4. The van der Waals surface area contributed by atoms with Crippen molar-refractivity contribution in [3.63, 3.8) is 0 Å². The van der Waals surface area contributed by atoms with Crippen LogP contribution in [0.3, 0.4) is 0 Å². The van der Waals surface area contributed by atoms with Crippen molar-refractivity contribution in [3.05, 3.63) is 41.6 Å². The van der Waals surface area contributed by atoms with Gasteiger partial charge in [0.2, 0.25) is 0 Å². The van der Waals surface area contributed by atoms with Gasteiger partial charge in [-0.05, 0) is 6.07 Å². The Kier molecular flexibility index (Phi) is 5.78. The number of amides is 2. The predicted octanol–water partition coefficient (Wildman–Crippen LogP) is 1.08. The first-order chi connectivity index (χ1) is 11.5. The number of likely N-dealkylation sites (N-methyl/N-ethyl adjacent to an activating group) is 1. The van der Waals surface area contributed by atoms with Crippen LogP contribution in [0.5, 0.6) is 5.75 Å². The first-order valence-corrected chi connectivity index (χ1v) is 7.38. The summed E-state index contributed by atoms with van der Waals surface area (Å²) in [5.41, 5.74) is 1.79. The van der Waals surface area contributed by atoms with E-state index in [1.165, 1.54) is 13.3 Å². The Morgan fingerprint density at radius 1 is 1.29 bits per heavy atom. The predicted molar refractivity (Wildman–Crippen MR) is 88.0 cm³/mol. The lowest BCUT2D eigenvalue weighted by Gasteiger charge is -2.13. The molecule has 0 atom stereocenters. The molecule has 0 unspecified atom stereocenters. The number of aryl methyl sites for hydroxylation is 1. The van der Waals surface area contributed by atoms with Crippen LogP contribution in [0.25, 0.3) is 0 Å². The topological polar surface area (TPSA) is 105 Å². The summed E-state index contributed by atoms with van der Waals surface area (Å²) in [6.07, 6.45) is 1.30. The number of aromatic nitrogens is 1. The highest BCUT2D eigenvalue weighted by atomic mass is 16.5. The summed E-state index contributed by atoms with van der Waals surface area (Å²) in [5.74, 6) is 0.356. The molecule has 1 aromatic heterocycles. The molecule has 3 N–H and O–H groups in total.